The molecule has 0 amide bonds. The lowest BCUT2D eigenvalue weighted by atomic mass is 10.1. The summed E-state index contributed by atoms with van der Waals surface area (Å²) in [5.74, 6) is 0. The van der Waals surface area contributed by atoms with E-state index in [-0.39, 0.29) is 11.2 Å². The SMILES string of the molecule is CCCn1c(=O)n(C(C)(C)C)c(=O)c2cccc(C)c21. The smallest absolute Gasteiger partial charge is 0.293 e. The summed E-state index contributed by atoms with van der Waals surface area (Å²) in [6.45, 7) is 10.2. The summed E-state index contributed by atoms with van der Waals surface area (Å²) in [5.41, 5.74) is 0.789. The molecule has 0 fully saturated rings. The van der Waals surface area contributed by atoms with Crippen LogP contribution in [0.4, 0.5) is 0 Å². The zero-order valence-electron chi connectivity index (χ0n) is 12.9. The van der Waals surface area contributed by atoms with Crippen molar-refractivity contribution in [3.63, 3.8) is 0 Å². The Hall–Kier alpha value is -1.84. The van der Waals surface area contributed by atoms with E-state index in [0.29, 0.717) is 11.9 Å². The third kappa shape index (κ3) is 2.19. The molecule has 2 aromatic rings. The number of nitrogens with zero attached hydrogens (tertiary/aromatic N) is 2. The second-order valence-corrected chi connectivity index (χ2v) is 6.22. The van der Waals surface area contributed by atoms with E-state index in [1.165, 1.54) is 4.57 Å². The zero-order valence-corrected chi connectivity index (χ0v) is 12.9. The molecule has 1 aromatic carbocycles. The normalized spacial score (nSPS) is 12.1. The van der Waals surface area contributed by atoms with E-state index in [1.54, 1.807) is 10.6 Å². The molecule has 4 heteroatoms. The molecule has 1 aromatic heterocycles. The minimum absolute atomic E-state index is 0.200. The molecule has 0 saturated carbocycles. The summed E-state index contributed by atoms with van der Waals surface area (Å²) < 4.78 is 3.10. The zero-order chi connectivity index (χ0) is 15.1. The first-order valence-corrected chi connectivity index (χ1v) is 7.04. The summed E-state index contributed by atoms with van der Waals surface area (Å²) in [6.07, 6.45) is 0.853. The van der Waals surface area contributed by atoms with Crippen LogP contribution in [0.2, 0.25) is 0 Å². The van der Waals surface area contributed by atoms with Gasteiger partial charge >= 0.3 is 5.69 Å². The van der Waals surface area contributed by atoms with Crippen LogP contribution < -0.4 is 11.2 Å². The quantitative estimate of drug-likeness (QED) is 0.845. The molecule has 0 spiro atoms. The van der Waals surface area contributed by atoms with E-state index in [1.807, 2.05) is 46.8 Å². The third-order valence-corrected chi connectivity index (χ3v) is 3.48. The predicted octanol–water partition coefficient (Wildman–Crippen LogP) is 2.64. The molecule has 108 valence electrons. The molecule has 1 heterocycles. The highest BCUT2D eigenvalue weighted by molar-refractivity contribution is 5.81. The molecule has 0 atom stereocenters. The van der Waals surface area contributed by atoms with Crippen LogP contribution in [-0.4, -0.2) is 9.13 Å². The molecule has 0 N–H and O–H groups in total. The Kier molecular flexibility index (Phi) is 3.59. The van der Waals surface area contributed by atoms with E-state index in [4.69, 9.17) is 0 Å². The van der Waals surface area contributed by atoms with Crippen LogP contribution in [0.25, 0.3) is 10.9 Å². The summed E-state index contributed by atoms with van der Waals surface area (Å²) in [6, 6.07) is 5.61. The lowest BCUT2D eigenvalue weighted by Gasteiger charge is -2.24. The Balaban J connectivity index is 3.08. The van der Waals surface area contributed by atoms with Crippen LogP contribution in [0.5, 0.6) is 0 Å². The number of para-hydroxylation sites is 1. The summed E-state index contributed by atoms with van der Waals surface area (Å²) in [4.78, 5) is 25.4. The number of hydrogen-bond acceptors (Lipinski definition) is 2. The van der Waals surface area contributed by atoms with Crippen LogP contribution in [0.1, 0.15) is 39.7 Å². The number of benzene rings is 1. The van der Waals surface area contributed by atoms with E-state index < -0.39 is 5.54 Å². The average Bonchev–Trinajstić information content (AvgIpc) is 2.33. The highest BCUT2D eigenvalue weighted by atomic mass is 16.2. The molecule has 0 aliphatic rings. The van der Waals surface area contributed by atoms with Gasteiger partial charge in [-0.25, -0.2) is 4.79 Å². The van der Waals surface area contributed by atoms with Crippen LogP contribution >= 0.6 is 0 Å². The maximum Gasteiger partial charge on any atom is 0.331 e. The predicted molar refractivity (Wildman–Crippen MR) is 82.5 cm³/mol. The topological polar surface area (TPSA) is 44.0 Å². The van der Waals surface area contributed by atoms with Gasteiger partial charge in [-0.1, -0.05) is 19.1 Å². The summed E-state index contributed by atoms with van der Waals surface area (Å²) >= 11 is 0. The highest BCUT2D eigenvalue weighted by Gasteiger charge is 2.22. The van der Waals surface area contributed by atoms with Crippen molar-refractivity contribution < 1.29 is 0 Å². The van der Waals surface area contributed by atoms with Gasteiger partial charge in [-0.15, -0.1) is 0 Å². The molecule has 0 unspecified atom stereocenters. The largest absolute Gasteiger partial charge is 0.331 e. The summed E-state index contributed by atoms with van der Waals surface area (Å²) in [5, 5.41) is 0.618. The van der Waals surface area contributed by atoms with Gasteiger partial charge in [0.05, 0.1) is 10.9 Å². The lowest BCUT2D eigenvalue weighted by molar-refractivity contribution is 0.358. The fraction of sp³-hybridized carbons (Fsp3) is 0.500. The number of aromatic nitrogens is 2. The fourth-order valence-corrected chi connectivity index (χ4v) is 2.64. The van der Waals surface area contributed by atoms with E-state index in [0.717, 1.165) is 17.5 Å². The third-order valence-electron chi connectivity index (χ3n) is 3.48. The van der Waals surface area contributed by atoms with Crippen molar-refractivity contribution in [2.24, 2.45) is 0 Å². The number of rotatable bonds is 2. The van der Waals surface area contributed by atoms with Crippen molar-refractivity contribution in [1.82, 2.24) is 9.13 Å². The number of fused-ring (bicyclic) bond motifs is 1. The van der Waals surface area contributed by atoms with Crippen molar-refractivity contribution in [2.45, 2.75) is 53.1 Å². The Morgan fingerprint density at radius 2 is 1.80 bits per heavy atom. The van der Waals surface area contributed by atoms with Crippen molar-refractivity contribution in [3.8, 4) is 0 Å². The van der Waals surface area contributed by atoms with Crippen LogP contribution in [-0.2, 0) is 12.1 Å². The molecule has 0 bridgehead atoms. The molecule has 0 aliphatic carbocycles. The molecule has 2 rings (SSSR count). The molecular weight excluding hydrogens is 252 g/mol. The second-order valence-electron chi connectivity index (χ2n) is 6.22. The van der Waals surface area contributed by atoms with Gasteiger partial charge in [0.15, 0.2) is 0 Å². The van der Waals surface area contributed by atoms with E-state index in [2.05, 4.69) is 0 Å². The van der Waals surface area contributed by atoms with Crippen LogP contribution in [0.3, 0.4) is 0 Å². The minimum Gasteiger partial charge on any atom is -0.293 e. The summed E-state index contributed by atoms with van der Waals surface area (Å²) in [7, 11) is 0. The fourth-order valence-electron chi connectivity index (χ4n) is 2.64. The van der Waals surface area contributed by atoms with Crippen LogP contribution in [0, 0.1) is 6.92 Å². The van der Waals surface area contributed by atoms with Crippen molar-refractivity contribution in [3.05, 3.63) is 44.6 Å². The van der Waals surface area contributed by atoms with Gasteiger partial charge in [0, 0.05) is 12.1 Å². The molecule has 0 radical (unpaired) electrons. The molecule has 20 heavy (non-hydrogen) atoms. The van der Waals surface area contributed by atoms with Gasteiger partial charge < -0.3 is 0 Å². The number of aryl methyl sites for hydroxylation is 2. The first kappa shape index (κ1) is 14.6. The van der Waals surface area contributed by atoms with E-state index in [9.17, 15) is 9.59 Å². The second kappa shape index (κ2) is 4.93. The van der Waals surface area contributed by atoms with Gasteiger partial charge in [0.1, 0.15) is 0 Å². The minimum atomic E-state index is -0.526. The molecule has 0 saturated heterocycles. The van der Waals surface area contributed by atoms with Gasteiger partial charge in [-0.2, -0.15) is 0 Å². The van der Waals surface area contributed by atoms with Crippen molar-refractivity contribution in [2.75, 3.05) is 0 Å². The standard InChI is InChI=1S/C16H22N2O2/c1-6-10-17-13-11(2)8-7-9-12(13)14(19)18(15(17)20)16(3,4)5/h7-9H,6,10H2,1-5H3. The van der Waals surface area contributed by atoms with Gasteiger partial charge in [-0.3, -0.25) is 13.9 Å². The lowest BCUT2D eigenvalue weighted by Crippen LogP contribution is -2.47. The Bertz CT molecular complexity index is 761. The Morgan fingerprint density at radius 3 is 2.35 bits per heavy atom. The average molecular weight is 274 g/mol. The maximum atomic E-state index is 12.7. The number of hydrogen-bond donors (Lipinski definition) is 0. The first-order chi connectivity index (χ1) is 9.29. The molecule has 4 nitrogen and oxygen atoms in total. The Labute approximate surface area is 118 Å². The first-order valence-electron chi connectivity index (χ1n) is 7.04. The van der Waals surface area contributed by atoms with Gasteiger partial charge in [-0.05, 0) is 45.7 Å². The Morgan fingerprint density at radius 1 is 1.15 bits per heavy atom. The van der Waals surface area contributed by atoms with Crippen LogP contribution in [0.15, 0.2) is 27.8 Å². The monoisotopic (exact) mass is 274 g/mol. The maximum absolute atomic E-state index is 12.7. The van der Waals surface area contributed by atoms with E-state index >= 15 is 0 Å². The molecule has 0 aliphatic heterocycles. The van der Waals surface area contributed by atoms with Crippen molar-refractivity contribution in [1.29, 1.82) is 0 Å². The van der Waals surface area contributed by atoms with Crippen molar-refractivity contribution >= 4 is 10.9 Å². The molecular formula is C16H22N2O2. The van der Waals surface area contributed by atoms with Gasteiger partial charge in [0.25, 0.3) is 5.56 Å². The van der Waals surface area contributed by atoms with Gasteiger partial charge in [0.2, 0.25) is 0 Å². The highest BCUT2D eigenvalue weighted by Crippen LogP contribution is 2.16.